The van der Waals surface area contributed by atoms with Crippen LogP contribution in [0.4, 0.5) is 0 Å². The van der Waals surface area contributed by atoms with Gasteiger partial charge in [0.15, 0.2) is 5.16 Å². The second kappa shape index (κ2) is 9.41. The maximum atomic E-state index is 13.2. The number of carbonyl (C=O) groups excluding carboxylic acids is 1. The summed E-state index contributed by atoms with van der Waals surface area (Å²) < 4.78 is 7.19. The van der Waals surface area contributed by atoms with Gasteiger partial charge in [-0.1, -0.05) is 48.2 Å². The van der Waals surface area contributed by atoms with Crippen LogP contribution in [-0.4, -0.2) is 45.8 Å². The van der Waals surface area contributed by atoms with Crippen LogP contribution in [-0.2, 0) is 4.79 Å². The molecule has 0 aliphatic heterocycles. The Balaban J connectivity index is 1.96. The number of nitrogens with zero attached hydrogens (tertiary/aromatic N) is 4. The molecule has 0 aliphatic rings. The number of ether oxygens (including phenoxy) is 1. The van der Waals surface area contributed by atoms with E-state index < -0.39 is 5.25 Å². The van der Waals surface area contributed by atoms with Crippen molar-refractivity contribution in [2.75, 3.05) is 20.2 Å². The summed E-state index contributed by atoms with van der Waals surface area (Å²) in [6.45, 7) is 5.32. The summed E-state index contributed by atoms with van der Waals surface area (Å²) in [5.41, 5.74) is 1.83. The molecule has 0 radical (unpaired) electrons. The largest absolute Gasteiger partial charge is 0.497 e. The Bertz CT molecular complexity index is 910. The molecule has 0 saturated heterocycles. The predicted molar refractivity (Wildman–Crippen MR) is 111 cm³/mol. The van der Waals surface area contributed by atoms with Gasteiger partial charge in [-0.15, -0.1) is 10.2 Å². The van der Waals surface area contributed by atoms with Crippen LogP contribution in [0.5, 0.6) is 5.75 Å². The fourth-order valence-electron chi connectivity index (χ4n) is 2.94. The third-order valence-electron chi connectivity index (χ3n) is 4.47. The van der Waals surface area contributed by atoms with Crippen LogP contribution in [0.2, 0.25) is 0 Å². The Labute approximate surface area is 169 Å². The van der Waals surface area contributed by atoms with E-state index in [1.807, 2.05) is 77.9 Å². The second-order valence-electron chi connectivity index (χ2n) is 6.10. The molecule has 0 spiro atoms. The summed E-state index contributed by atoms with van der Waals surface area (Å²) >= 11 is 1.41. The van der Waals surface area contributed by atoms with E-state index in [9.17, 15) is 4.79 Å². The first-order chi connectivity index (χ1) is 13.7. The molecule has 146 valence electrons. The van der Waals surface area contributed by atoms with Gasteiger partial charge in [0.2, 0.25) is 5.91 Å². The van der Waals surface area contributed by atoms with Crippen molar-refractivity contribution in [1.29, 1.82) is 0 Å². The van der Waals surface area contributed by atoms with E-state index in [0.29, 0.717) is 18.2 Å². The van der Waals surface area contributed by atoms with Crippen molar-refractivity contribution in [2.24, 2.45) is 0 Å². The molecule has 28 heavy (non-hydrogen) atoms. The fraction of sp³-hybridized carbons (Fsp3) is 0.286. The number of thioether (sulfide) groups is 1. The van der Waals surface area contributed by atoms with Crippen molar-refractivity contribution in [3.8, 4) is 11.4 Å². The van der Waals surface area contributed by atoms with Gasteiger partial charge in [-0.25, -0.2) is 0 Å². The van der Waals surface area contributed by atoms with Crippen LogP contribution in [0.1, 0.15) is 24.7 Å². The molecule has 6 nitrogen and oxygen atoms in total. The standard InChI is InChI=1S/C21H24N4O2S/c1-4-24(5-2)20(26)19(16-10-7-6-8-11-16)28-21-23-22-15-25(21)17-12-9-13-18(14-17)27-3/h6-15,19H,4-5H2,1-3H3. The van der Waals surface area contributed by atoms with E-state index in [1.54, 1.807) is 13.4 Å². The third kappa shape index (κ3) is 4.36. The molecule has 1 unspecified atom stereocenters. The van der Waals surface area contributed by atoms with E-state index in [2.05, 4.69) is 10.2 Å². The van der Waals surface area contributed by atoms with Crippen LogP contribution < -0.4 is 4.74 Å². The zero-order valence-electron chi connectivity index (χ0n) is 16.3. The van der Waals surface area contributed by atoms with E-state index in [1.165, 1.54) is 11.8 Å². The minimum atomic E-state index is -0.394. The number of aromatic nitrogens is 3. The van der Waals surface area contributed by atoms with Crippen molar-refractivity contribution in [1.82, 2.24) is 19.7 Å². The lowest BCUT2D eigenvalue weighted by Crippen LogP contribution is -2.34. The summed E-state index contributed by atoms with van der Waals surface area (Å²) in [4.78, 5) is 15.1. The molecule has 0 saturated carbocycles. The first-order valence-electron chi connectivity index (χ1n) is 9.22. The number of carbonyl (C=O) groups is 1. The molecule has 0 N–H and O–H groups in total. The van der Waals surface area contributed by atoms with Gasteiger partial charge in [-0.05, 0) is 31.5 Å². The predicted octanol–water partition coefficient (Wildman–Crippen LogP) is 3.98. The summed E-state index contributed by atoms with van der Waals surface area (Å²) in [5.74, 6) is 0.822. The van der Waals surface area contributed by atoms with Gasteiger partial charge in [0.25, 0.3) is 0 Å². The lowest BCUT2D eigenvalue weighted by molar-refractivity contribution is -0.130. The smallest absolute Gasteiger partial charge is 0.240 e. The highest BCUT2D eigenvalue weighted by Gasteiger charge is 2.27. The van der Waals surface area contributed by atoms with Gasteiger partial charge >= 0.3 is 0 Å². The topological polar surface area (TPSA) is 60.2 Å². The van der Waals surface area contributed by atoms with E-state index >= 15 is 0 Å². The molecular weight excluding hydrogens is 372 g/mol. The first-order valence-corrected chi connectivity index (χ1v) is 10.1. The second-order valence-corrected chi connectivity index (χ2v) is 7.18. The summed E-state index contributed by atoms with van der Waals surface area (Å²) in [6.07, 6.45) is 1.65. The van der Waals surface area contributed by atoms with Gasteiger partial charge in [0.1, 0.15) is 17.3 Å². The van der Waals surface area contributed by atoms with Crippen molar-refractivity contribution >= 4 is 17.7 Å². The highest BCUT2D eigenvalue weighted by atomic mass is 32.2. The number of methoxy groups -OCH3 is 1. The van der Waals surface area contributed by atoms with Gasteiger partial charge in [-0.2, -0.15) is 0 Å². The average molecular weight is 397 g/mol. The van der Waals surface area contributed by atoms with Crippen molar-refractivity contribution in [3.05, 3.63) is 66.5 Å². The minimum Gasteiger partial charge on any atom is -0.497 e. The first kappa shape index (κ1) is 19.9. The van der Waals surface area contributed by atoms with Crippen LogP contribution in [0, 0.1) is 0 Å². The molecule has 1 amide bonds. The molecule has 7 heteroatoms. The monoisotopic (exact) mass is 396 g/mol. The highest BCUT2D eigenvalue weighted by Crippen LogP contribution is 2.36. The highest BCUT2D eigenvalue weighted by molar-refractivity contribution is 8.00. The Hall–Kier alpha value is -2.80. The zero-order valence-corrected chi connectivity index (χ0v) is 17.1. The average Bonchev–Trinajstić information content (AvgIpc) is 3.21. The minimum absolute atomic E-state index is 0.0707. The molecule has 1 heterocycles. The maximum absolute atomic E-state index is 13.2. The van der Waals surface area contributed by atoms with E-state index in [4.69, 9.17) is 4.74 Å². The number of likely N-dealkylation sites (N-methyl/N-ethyl adjacent to an activating group) is 1. The van der Waals surface area contributed by atoms with E-state index in [0.717, 1.165) is 17.0 Å². The van der Waals surface area contributed by atoms with Crippen molar-refractivity contribution in [3.63, 3.8) is 0 Å². The van der Waals surface area contributed by atoms with Crippen LogP contribution in [0.25, 0.3) is 5.69 Å². The van der Waals surface area contributed by atoms with Gasteiger partial charge in [0, 0.05) is 19.2 Å². The molecule has 0 aliphatic carbocycles. The molecular formula is C21H24N4O2S. The fourth-order valence-corrected chi connectivity index (χ4v) is 4.05. The Kier molecular flexibility index (Phi) is 6.71. The molecule has 3 aromatic rings. The zero-order chi connectivity index (χ0) is 19.9. The molecule has 0 fully saturated rings. The molecule has 1 atom stereocenters. The van der Waals surface area contributed by atoms with Crippen LogP contribution in [0.15, 0.2) is 66.1 Å². The number of rotatable bonds is 8. The number of benzene rings is 2. The van der Waals surface area contributed by atoms with Gasteiger partial charge < -0.3 is 9.64 Å². The van der Waals surface area contributed by atoms with Crippen molar-refractivity contribution in [2.45, 2.75) is 24.3 Å². The summed E-state index contributed by atoms with van der Waals surface area (Å²) in [7, 11) is 1.63. The van der Waals surface area contributed by atoms with Gasteiger partial charge in [0.05, 0.1) is 12.8 Å². The quantitative estimate of drug-likeness (QED) is 0.539. The molecule has 2 aromatic carbocycles. The van der Waals surface area contributed by atoms with Crippen LogP contribution in [0.3, 0.4) is 0 Å². The molecule has 0 bridgehead atoms. The maximum Gasteiger partial charge on any atom is 0.240 e. The SMILES string of the molecule is CCN(CC)C(=O)C(Sc1nncn1-c1cccc(OC)c1)c1ccccc1. The van der Waals surface area contributed by atoms with Crippen LogP contribution >= 0.6 is 11.8 Å². The third-order valence-corrected chi connectivity index (χ3v) is 5.67. The number of hydrogen-bond donors (Lipinski definition) is 0. The number of hydrogen-bond acceptors (Lipinski definition) is 5. The Morgan fingerprint density at radius 1 is 1.14 bits per heavy atom. The lowest BCUT2D eigenvalue weighted by Gasteiger charge is -2.25. The summed E-state index contributed by atoms with van der Waals surface area (Å²) in [5, 5.41) is 8.60. The molecule has 3 rings (SSSR count). The number of amides is 1. The lowest BCUT2D eigenvalue weighted by atomic mass is 10.1. The Morgan fingerprint density at radius 3 is 2.57 bits per heavy atom. The summed E-state index contributed by atoms with van der Waals surface area (Å²) in [6, 6.07) is 17.5. The van der Waals surface area contributed by atoms with E-state index in [-0.39, 0.29) is 5.91 Å². The van der Waals surface area contributed by atoms with Crippen molar-refractivity contribution < 1.29 is 9.53 Å². The normalized spacial score (nSPS) is 11.8. The molecule has 1 aromatic heterocycles. The van der Waals surface area contributed by atoms with Gasteiger partial charge in [-0.3, -0.25) is 9.36 Å². The Morgan fingerprint density at radius 2 is 1.89 bits per heavy atom.